The summed E-state index contributed by atoms with van der Waals surface area (Å²) < 4.78 is 4.92. The van der Waals surface area contributed by atoms with E-state index in [1.165, 1.54) is 6.20 Å². The monoisotopic (exact) mass is 279 g/mol. The smallest absolute Gasteiger partial charge is 0.339 e. The second-order valence-electron chi connectivity index (χ2n) is 4.43. The number of aliphatic hydroxyl groups excluding tert-OH is 1. The number of ether oxygens (including phenoxy) is 1. The number of rotatable bonds is 3. The predicted octanol–water partition coefficient (Wildman–Crippen LogP) is 0.169. The number of pyridine rings is 1. The van der Waals surface area contributed by atoms with Gasteiger partial charge in [-0.2, -0.15) is 0 Å². The SMILES string of the molecule is CCOC(=O)c1cnc(C)c(N2CCC(=O)NC2O)c1. The van der Waals surface area contributed by atoms with Gasteiger partial charge in [0.1, 0.15) is 0 Å². The number of hydrogen-bond acceptors (Lipinski definition) is 6. The quantitative estimate of drug-likeness (QED) is 0.766. The third kappa shape index (κ3) is 2.88. The Balaban J connectivity index is 2.28. The summed E-state index contributed by atoms with van der Waals surface area (Å²) in [4.78, 5) is 28.7. The Kier molecular flexibility index (Phi) is 4.19. The average Bonchev–Trinajstić information content (AvgIpc) is 2.40. The highest BCUT2D eigenvalue weighted by Crippen LogP contribution is 2.23. The summed E-state index contributed by atoms with van der Waals surface area (Å²) in [5, 5.41) is 12.3. The molecule has 1 atom stereocenters. The van der Waals surface area contributed by atoms with Crippen LogP contribution in [0.15, 0.2) is 12.3 Å². The van der Waals surface area contributed by atoms with Crippen LogP contribution in [0.2, 0.25) is 0 Å². The minimum Gasteiger partial charge on any atom is -0.462 e. The average molecular weight is 279 g/mol. The van der Waals surface area contributed by atoms with E-state index in [1.54, 1.807) is 24.8 Å². The van der Waals surface area contributed by atoms with Gasteiger partial charge < -0.3 is 20.1 Å². The van der Waals surface area contributed by atoms with E-state index in [0.29, 0.717) is 23.5 Å². The first-order valence-corrected chi connectivity index (χ1v) is 6.40. The zero-order valence-corrected chi connectivity index (χ0v) is 11.4. The Labute approximate surface area is 116 Å². The van der Waals surface area contributed by atoms with Gasteiger partial charge in [0.15, 0.2) is 0 Å². The van der Waals surface area contributed by atoms with Crippen LogP contribution in [0.25, 0.3) is 0 Å². The molecular formula is C13H17N3O4. The van der Waals surface area contributed by atoms with E-state index in [9.17, 15) is 14.7 Å². The van der Waals surface area contributed by atoms with Crippen LogP contribution in [-0.4, -0.2) is 41.5 Å². The van der Waals surface area contributed by atoms with Crippen LogP contribution in [0.4, 0.5) is 5.69 Å². The fourth-order valence-electron chi connectivity index (χ4n) is 2.03. The van der Waals surface area contributed by atoms with Gasteiger partial charge in [0.25, 0.3) is 0 Å². The van der Waals surface area contributed by atoms with Crippen molar-refractivity contribution in [2.24, 2.45) is 0 Å². The number of aliphatic hydroxyl groups is 1. The van der Waals surface area contributed by atoms with Crippen molar-refractivity contribution in [2.45, 2.75) is 26.6 Å². The molecule has 1 amide bonds. The number of aryl methyl sites for hydroxylation is 1. The molecule has 1 fully saturated rings. The van der Waals surface area contributed by atoms with Gasteiger partial charge in [-0.25, -0.2) is 4.79 Å². The summed E-state index contributed by atoms with van der Waals surface area (Å²) in [6, 6.07) is 1.61. The van der Waals surface area contributed by atoms with Crippen molar-refractivity contribution >= 4 is 17.6 Å². The number of nitrogens with zero attached hydrogens (tertiary/aromatic N) is 2. The molecule has 7 heteroatoms. The van der Waals surface area contributed by atoms with E-state index in [2.05, 4.69) is 10.3 Å². The van der Waals surface area contributed by atoms with Crippen molar-refractivity contribution in [3.63, 3.8) is 0 Å². The van der Waals surface area contributed by atoms with Crippen LogP contribution in [0.3, 0.4) is 0 Å². The van der Waals surface area contributed by atoms with Crippen molar-refractivity contribution in [3.8, 4) is 0 Å². The van der Waals surface area contributed by atoms with Gasteiger partial charge in [-0.05, 0) is 19.9 Å². The van der Waals surface area contributed by atoms with Crippen molar-refractivity contribution in [1.29, 1.82) is 0 Å². The molecule has 1 aromatic heterocycles. The molecule has 1 unspecified atom stereocenters. The highest BCUT2D eigenvalue weighted by molar-refractivity contribution is 5.90. The predicted molar refractivity (Wildman–Crippen MR) is 71.0 cm³/mol. The van der Waals surface area contributed by atoms with Crippen LogP contribution >= 0.6 is 0 Å². The summed E-state index contributed by atoms with van der Waals surface area (Å²) in [5.41, 5.74) is 1.58. The lowest BCUT2D eigenvalue weighted by molar-refractivity contribution is -0.125. The maximum Gasteiger partial charge on any atom is 0.339 e. The van der Waals surface area contributed by atoms with Gasteiger partial charge in [-0.15, -0.1) is 0 Å². The number of nitrogens with one attached hydrogen (secondary N) is 1. The molecule has 2 heterocycles. The van der Waals surface area contributed by atoms with Gasteiger partial charge in [0, 0.05) is 19.2 Å². The molecule has 0 spiro atoms. The molecule has 20 heavy (non-hydrogen) atoms. The number of carbonyl (C=O) groups excluding carboxylic acids is 2. The van der Waals surface area contributed by atoms with Crippen molar-refractivity contribution < 1.29 is 19.4 Å². The number of anilines is 1. The normalized spacial score (nSPS) is 18.6. The molecule has 0 bridgehead atoms. The van der Waals surface area contributed by atoms with E-state index >= 15 is 0 Å². The topological polar surface area (TPSA) is 91.8 Å². The van der Waals surface area contributed by atoms with Crippen LogP contribution in [-0.2, 0) is 9.53 Å². The lowest BCUT2D eigenvalue weighted by Crippen LogP contribution is -2.54. The highest BCUT2D eigenvalue weighted by Gasteiger charge is 2.26. The third-order valence-corrected chi connectivity index (χ3v) is 3.05. The first-order chi connectivity index (χ1) is 9.52. The molecule has 0 saturated carbocycles. The molecule has 0 aromatic carbocycles. The Bertz CT molecular complexity index is 532. The van der Waals surface area contributed by atoms with Gasteiger partial charge >= 0.3 is 5.97 Å². The van der Waals surface area contributed by atoms with Crippen molar-refractivity contribution in [2.75, 3.05) is 18.1 Å². The van der Waals surface area contributed by atoms with Crippen LogP contribution in [0.1, 0.15) is 29.4 Å². The van der Waals surface area contributed by atoms with E-state index in [1.807, 2.05) is 0 Å². The molecule has 2 N–H and O–H groups in total. The van der Waals surface area contributed by atoms with E-state index < -0.39 is 12.3 Å². The summed E-state index contributed by atoms with van der Waals surface area (Å²) in [6.07, 6.45) is 0.598. The molecule has 1 aliphatic heterocycles. The lowest BCUT2D eigenvalue weighted by atomic mass is 10.2. The Morgan fingerprint density at radius 2 is 2.40 bits per heavy atom. The number of hydrogen-bond donors (Lipinski definition) is 2. The zero-order valence-electron chi connectivity index (χ0n) is 11.4. The number of carbonyl (C=O) groups is 2. The first kappa shape index (κ1) is 14.3. The van der Waals surface area contributed by atoms with Gasteiger partial charge in [0.2, 0.25) is 12.3 Å². The van der Waals surface area contributed by atoms with Crippen LogP contribution in [0, 0.1) is 6.92 Å². The second-order valence-corrected chi connectivity index (χ2v) is 4.43. The van der Waals surface area contributed by atoms with E-state index in [4.69, 9.17) is 4.74 Å². The maximum absolute atomic E-state index is 11.7. The fourth-order valence-corrected chi connectivity index (χ4v) is 2.03. The summed E-state index contributed by atoms with van der Waals surface area (Å²) in [5.74, 6) is -0.669. The Morgan fingerprint density at radius 3 is 3.05 bits per heavy atom. The summed E-state index contributed by atoms with van der Waals surface area (Å²) in [7, 11) is 0. The molecule has 7 nitrogen and oxygen atoms in total. The molecule has 108 valence electrons. The standard InChI is InChI=1S/C13H17N3O4/c1-3-20-12(18)9-6-10(8(2)14-7-9)16-5-4-11(17)15-13(16)19/h6-7,13,19H,3-5H2,1-2H3,(H,15,17). The van der Waals surface area contributed by atoms with Gasteiger partial charge in [0.05, 0.1) is 23.6 Å². The summed E-state index contributed by atoms with van der Waals surface area (Å²) in [6.45, 7) is 4.14. The Hall–Kier alpha value is -2.15. The van der Waals surface area contributed by atoms with Gasteiger partial charge in [-0.1, -0.05) is 0 Å². The second kappa shape index (κ2) is 5.87. The lowest BCUT2D eigenvalue weighted by Gasteiger charge is -2.34. The minimum absolute atomic E-state index is 0.207. The van der Waals surface area contributed by atoms with Gasteiger partial charge in [-0.3, -0.25) is 9.78 Å². The number of amides is 1. The zero-order chi connectivity index (χ0) is 14.7. The summed E-state index contributed by atoms with van der Waals surface area (Å²) >= 11 is 0. The number of esters is 1. The minimum atomic E-state index is -1.12. The van der Waals surface area contributed by atoms with E-state index in [0.717, 1.165) is 0 Å². The molecule has 0 radical (unpaired) electrons. The Morgan fingerprint density at radius 1 is 1.65 bits per heavy atom. The molecule has 2 rings (SSSR count). The van der Waals surface area contributed by atoms with Crippen molar-refractivity contribution in [3.05, 3.63) is 23.5 Å². The largest absolute Gasteiger partial charge is 0.462 e. The molecule has 1 aromatic rings. The maximum atomic E-state index is 11.7. The molecular weight excluding hydrogens is 262 g/mol. The first-order valence-electron chi connectivity index (χ1n) is 6.40. The highest BCUT2D eigenvalue weighted by atomic mass is 16.5. The number of aromatic nitrogens is 1. The van der Waals surface area contributed by atoms with Crippen molar-refractivity contribution in [1.82, 2.24) is 10.3 Å². The van der Waals surface area contributed by atoms with Crippen LogP contribution in [0.5, 0.6) is 0 Å². The molecule has 1 saturated heterocycles. The van der Waals surface area contributed by atoms with E-state index in [-0.39, 0.29) is 18.9 Å². The molecule has 0 aliphatic carbocycles. The molecule has 1 aliphatic rings. The third-order valence-electron chi connectivity index (χ3n) is 3.05. The fraction of sp³-hybridized carbons (Fsp3) is 0.462. The van der Waals surface area contributed by atoms with Crippen LogP contribution < -0.4 is 10.2 Å².